The summed E-state index contributed by atoms with van der Waals surface area (Å²) in [4.78, 5) is 41.7. The molecule has 0 bridgehead atoms. The maximum absolute atomic E-state index is 13.5. The Morgan fingerprint density at radius 2 is 1.76 bits per heavy atom. The third-order valence-corrected chi connectivity index (χ3v) is 7.22. The van der Waals surface area contributed by atoms with Crippen LogP contribution < -0.4 is 10.6 Å². The molecule has 0 atom stereocenters. The summed E-state index contributed by atoms with van der Waals surface area (Å²) in [5.74, 6) is 1.02. The van der Waals surface area contributed by atoms with Crippen LogP contribution in [0.15, 0.2) is 60.7 Å². The molecule has 3 N–H and O–H groups in total. The van der Waals surface area contributed by atoms with Crippen molar-refractivity contribution in [2.45, 2.75) is 19.8 Å². The van der Waals surface area contributed by atoms with Crippen LogP contribution in [0.4, 0.5) is 5.82 Å². The van der Waals surface area contributed by atoms with Gasteiger partial charge in [0.15, 0.2) is 5.82 Å². The second kappa shape index (κ2) is 13.1. The fraction of sp³-hybridized carbons (Fsp3) is 0.323. The van der Waals surface area contributed by atoms with Gasteiger partial charge >= 0.3 is 0 Å². The third-order valence-electron chi connectivity index (χ3n) is 7.22. The molecule has 0 aliphatic carbocycles. The number of aromatic amines is 1. The Morgan fingerprint density at radius 1 is 1.00 bits per heavy atom. The zero-order chi connectivity index (χ0) is 28.6. The SMILES string of the molecule is CC(=O)NCCNc1nc(-c2ccccc2)nc2[nH]c(C(=O)N3CCN(CCCc4ccc(C#N)cc4)CC3)cc12. The third kappa shape index (κ3) is 7.07. The number of aromatic nitrogens is 3. The second-order valence-electron chi connectivity index (χ2n) is 10.2. The van der Waals surface area contributed by atoms with E-state index >= 15 is 0 Å². The van der Waals surface area contributed by atoms with Crippen LogP contribution >= 0.6 is 0 Å². The molecule has 1 saturated heterocycles. The molecule has 3 heterocycles. The lowest BCUT2D eigenvalue weighted by molar-refractivity contribution is -0.118. The average Bonchev–Trinajstić information content (AvgIpc) is 3.44. The minimum Gasteiger partial charge on any atom is -0.368 e. The normalized spacial score (nSPS) is 13.6. The number of fused-ring (bicyclic) bond motifs is 1. The van der Waals surface area contributed by atoms with Gasteiger partial charge in [0.2, 0.25) is 5.91 Å². The number of nitriles is 1. The number of aryl methyl sites for hydroxylation is 1. The molecule has 0 saturated carbocycles. The lowest BCUT2D eigenvalue weighted by atomic mass is 10.1. The summed E-state index contributed by atoms with van der Waals surface area (Å²) in [6.07, 6.45) is 2.00. The smallest absolute Gasteiger partial charge is 0.270 e. The van der Waals surface area contributed by atoms with Crippen molar-refractivity contribution < 1.29 is 9.59 Å². The highest BCUT2D eigenvalue weighted by Crippen LogP contribution is 2.26. The number of H-pyrrole nitrogens is 1. The number of amides is 2. The van der Waals surface area contributed by atoms with Crippen molar-refractivity contribution in [1.82, 2.24) is 30.1 Å². The standard InChI is InChI=1S/C31H34N8O2/c1-22(40)33-13-14-34-29-26-20-27(35-30(26)37-28(36-29)25-7-3-2-4-8-25)31(41)39-18-16-38(17-19-39)15-5-6-23-9-11-24(21-32)12-10-23/h2-4,7-12,20H,5-6,13-19H2,1H3,(H,33,40)(H2,34,35,36,37). The van der Waals surface area contributed by atoms with Crippen LogP contribution in [-0.4, -0.2) is 82.4 Å². The van der Waals surface area contributed by atoms with Gasteiger partial charge in [-0.05, 0) is 43.1 Å². The summed E-state index contributed by atoms with van der Waals surface area (Å²) in [6.45, 7) is 6.37. The summed E-state index contributed by atoms with van der Waals surface area (Å²) in [5, 5.41) is 15.8. The maximum atomic E-state index is 13.5. The molecule has 210 valence electrons. The van der Waals surface area contributed by atoms with Crippen molar-refractivity contribution in [3.63, 3.8) is 0 Å². The summed E-state index contributed by atoms with van der Waals surface area (Å²) in [7, 11) is 0. The average molecular weight is 551 g/mol. The molecule has 0 unspecified atom stereocenters. The molecule has 5 rings (SSSR count). The first-order chi connectivity index (χ1) is 20.0. The molecular formula is C31H34N8O2. The number of carbonyl (C=O) groups excluding carboxylic acids is 2. The van der Waals surface area contributed by atoms with Crippen molar-refractivity contribution in [3.05, 3.63) is 77.5 Å². The van der Waals surface area contributed by atoms with Crippen molar-refractivity contribution in [1.29, 1.82) is 5.26 Å². The number of carbonyl (C=O) groups is 2. The molecule has 1 aliphatic heterocycles. The molecule has 10 nitrogen and oxygen atoms in total. The minimum absolute atomic E-state index is 0.0503. The van der Waals surface area contributed by atoms with E-state index in [0.29, 0.717) is 54.7 Å². The molecule has 41 heavy (non-hydrogen) atoms. The predicted octanol–water partition coefficient (Wildman–Crippen LogP) is 3.44. The number of hydrogen-bond acceptors (Lipinski definition) is 7. The van der Waals surface area contributed by atoms with E-state index in [0.717, 1.165) is 43.4 Å². The highest BCUT2D eigenvalue weighted by Gasteiger charge is 2.24. The fourth-order valence-corrected chi connectivity index (χ4v) is 4.99. The molecule has 1 fully saturated rings. The molecular weight excluding hydrogens is 516 g/mol. The van der Waals surface area contributed by atoms with Gasteiger partial charge in [0, 0.05) is 51.8 Å². The number of nitrogens with one attached hydrogen (secondary N) is 3. The van der Waals surface area contributed by atoms with Crippen molar-refractivity contribution in [2.75, 3.05) is 51.1 Å². The summed E-state index contributed by atoms with van der Waals surface area (Å²) >= 11 is 0. The highest BCUT2D eigenvalue weighted by molar-refractivity contribution is 6.00. The maximum Gasteiger partial charge on any atom is 0.270 e. The van der Waals surface area contributed by atoms with Gasteiger partial charge in [-0.15, -0.1) is 0 Å². The van der Waals surface area contributed by atoms with Crippen molar-refractivity contribution in [3.8, 4) is 17.5 Å². The van der Waals surface area contributed by atoms with Gasteiger partial charge in [0.1, 0.15) is 17.2 Å². The Labute approximate surface area is 239 Å². The number of rotatable bonds is 10. The van der Waals surface area contributed by atoms with E-state index in [2.05, 4.69) is 26.6 Å². The Balaban J connectivity index is 1.22. The Kier molecular flexibility index (Phi) is 8.86. The van der Waals surface area contributed by atoms with Crippen LogP contribution in [0.3, 0.4) is 0 Å². The van der Waals surface area contributed by atoms with E-state index in [1.807, 2.05) is 65.6 Å². The molecule has 0 radical (unpaired) electrons. The lowest BCUT2D eigenvalue weighted by Gasteiger charge is -2.34. The van der Waals surface area contributed by atoms with E-state index < -0.39 is 0 Å². The number of piperazine rings is 1. The van der Waals surface area contributed by atoms with E-state index in [1.54, 1.807) is 0 Å². The molecule has 0 spiro atoms. The number of anilines is 1. The van der Waals surface area contributed by atoms with Crippen molar-refractivity contribution in [2.24, 2.45) is 0 Å². The predicted molar refractivity (Wildman–Crippen MR) is 158 cm³/mol. The summed E-state index contributed by atoms with van der Waals surface area (Å²) in [5.41, 5.74) is 3.86. The Morgan fingerprint density at radius 3 is 2.46 bits per heavy atom. The Hall–Kier alpha value is -4.75. The van der Waals surface area contributed by atoms with Gasteiger partial charge in [-0.1, -0.05) is 42.5 Å². The largest absolute Gasteiger partial charge is 0.368 e. The van der Waals surface area contributed by atoms with E-state index in [4.69, 9.17) is 15.2 Å². The van der Waals surface area contributed by atoms with Gasteiger partial charge < -0.3 is 20.5 Å². The number of benzene rings is 2. The number of hydrogen-bond donors (Lipinski definition) is 3. The molecule has 1 aliphatic rings. The van der Waals surface area contributed by atoms with Crippen LogP contribution in [0.2, 0.25) is 0 Å². The number of nitrogens with zero attached hydrogens (tertiary/aromatic N) is 5. The fourth-order valence-electron chi connectivity index (χ4n) is 4.99. The van der Waals surface area contributed by atoms with Gasteiger partial charge in [0.05, 0.1) is 17.0 Å². The summed E-state index contributed by atoms with van der Waals surface area (Å²) < 4.78 is 0. The van der Waals surface area contributed by atoms with Crippen LogP contribution in [0.25, 0.3) is 22.4 Å². The first-order valence-corrected chi connectivity index (χ1v) is 14.0. The molecule has 2 aromatic carbocycles. The monoisotopic (exact) mass is 550 g/mol. The van der Waals surface area contributed by atoms with Crippen molar-refractivity contribution >= 4 is 28.7 Å². The first kappa shape index (κ1) is 27.8. The molecule has 2 amide bonds. The molecule has 2 aromatic heterocycles. The second-order valence-corrected chi connectivity index (χ2v) is 10.2. The van der Waals surface area contributed by atoms with Gasteiger partial charge in [-0.3, -0.25) is 14.5 Å². The summed E-state index contributed by atoms with van der Waals surface area (Å²) in [6, 6.07) is 21.4. The molecule has 10 heteroatoms. The van der Waals surface area contributed by atoms with Crippen LogP contribution in [0, 0.1) is 11.3 Å². The lowest BCUT2D eigenvalue weighted by Crippen LogP contribution is -2.49. The van der Waals surface area contributed by atoms with Crippen LogP contribution in [0.5, 0.6) is 0 Å². The highest BCUT2D eigenvalue weighted by atomic mass is 16.2. The van der Waals surface area contributed by atoms with Gasteiger partial charge in [0.25, 0.3) is 5.91 Å². The van der Waals surface area contributed by atoms with Gasteiger partial charge in [-0.25, -0.2) is 9.97 Å². The Bertz CT molecular complexity index is 1530. The van der Waals surface area contributed by atoms with Crippen LogP contribution in [-0.2, 0) is 11.2 Å². The zero-order valence-corrected chi connectivity index (χ0v) is 23.2. The quantitative estimate of drug-likeness (QED) is 0.258. The minimum atomic E-state index is -0.0921. The van der Waals surface area contributed by atoms with Crippen LogP contribution in [0.1, 0.15) is 35.0 Å². The first-order valence-electron chi connectivity index (χ1n) is 14.0. The van der Waals surface area contributed by atoms with E-state index in [1.165, 1.54) is 12.5 Å². The zero-order valence-electron chi connectivity index (χ0n) is 23.2. The van der Waals surface area contributed by atoms with E-state index in [-0.39, 0.29) is 11.8 Å². The van der Waals surface area contributed by atoms with Gasteiger partial charge in [-0.2, -0.15) is 5.26 Å². The topological polar surface area (TPSA) is 130 Å². The van der Waals surface area contributed by atoms with E-state index in [9.17, 15) is 9.59 Å². The molecule has 4 aromatic rings.